The number of esters is 1. The highest BCUT2D eigenvalue weighted by molar-refractivity contribution is 5.69. The predicted molar refractivity (Wildman–Crippen MR) is 94.4 cm³/mol. The van der Waals surface area contributed by atoms with Crippen molar-refractivity contribution in [2.45, 2.75) is 32.6 Å². The first-order valence-electron chi connectivity index (χ1n) is 8.91. The summed E-state index contributed by atoms with van der Waals surface area (Å²) >= 11 is 0. The number of azide groups is 1. The van der Waals surface area contributed by atoms with Crippen molar-refractivity contribution in [1.82, 2.24) is 5.32 Å². The molecule has 0 radical (unpaired) electrons. The van der Waals surface area contributed by atoms with Gasteiger partial charge in [0.05, 0.1) is 46.2 Å². The van der Waals surface area contributed by atoms with E-state index in [1.165, 1.54) is 0 Å². The Labute approximate surface area is 150 Å². The molecule has 0 saturated carbocycles. The van der Waals surface area contributed by atoms with Crippen molar-refractivity contribution in [2.24, 2.45) is 5.11 Å². The number of hydrogen-bond acceptors (Lipinski definition) is 7. The Kier molecular flexibility index (Phi) is 19.5. The molecule has 146 valence electrons. The first kappa shape index (κ1) is 23.6. The number of unbranched alkanes of at least 4 members (excludes halogenated alkanes) is 2. The lowest BCUT2D eigenvalue weighted by atomic mass is 10.2. The first-order valence-corrected chi connectivity index (χ1v) is 8.91. The number of carbonyl (C=O) groups is 1. The van der Waals surface area contributed by atoms with Crippen LogP contribution in [-0.2, 0) is 23.7 Å². The van der Waals surface area contributed by atoms with Crippen LogP contribution < -0.4 is 5.32 Å². The molecule has 9 heteroatoms. The van der Waals surface area contributed by atoms with Crippen molar-refractivity contribution in [3.05, 3.63) is 10.4 Å². The summed E-state index contributed by atoms with van der Waals surface area (Å²) < 4.78 is 20.8. The van der Waals surface area contributed by atoms with Gasteiger partial charge in [0.15, 0.2) is 0 Å². The van der Waals surface area contributed by atoms with Gasteiger partial charge in [0.25, 0.3) is 0 Å². The van der Waals surface area contributed by atoms with Crippen molar-refractivity contribution < 1.29 is 23.7 Å². The molecule has 0 spiro atoms. The van der Waals surface area contributed by atoms with Gasteiger partial charge in [0.2, 0.25) is 0 Å². The maximum absolute atomic E-state index is 11.1. The zero-order valence-corrected chi connectivity index (χ0v) is 15.3. The molecule has 0 saturated heterocycles. The van der Waals surface area contributed by atoms with E-state index in [2.05, 4.69) is 15.3 Å². The molecule has 9 nitrogen and oxygen atoms in total. The van der Waals surface area contributed by atoms with Gasteiger partial charge in [-0.3, -0.25) is 4.79 Å². The Bertz CT molecular complexity index is 351. The fraction of sp³-hybridized carbons (Fsp3) is 0.938. The molecule has 0 aliphatic carbocycles. The number of rotatable bonds is 19. The summed E-state index contributed by atoms with van der Waals surface area (Å²) in [5.41, 5.74) is 8.07. The Morgan fingerprint density at radius 1 is 0.960 bits per heavy atom. The van der Waals surface area contributed by atoms with Crippen LogP contribution in [0.5, 0.6) is 0 Å². The predicted octanol–water partition coefficient (Wildman–Crippen LogP) is 2.06. The molecule has 0 aromatic heterocycles. The van der Waals surface area contributed by atoms with Crippen LogP contribution in [0.15, 0.2) is 5.11 Å². The summed E-state index contributed by atoms with van der Waals surface area (Å²) in [7, 11) is 0. The molecule has 0 aliphatic rings. The average Bonchev–Trinajstić information content (AvgIpc) is 2.61. The average molecular weight is 360 g/mol. The SMILES string of the molecule is CCOC(=O)CCCCCNCCOCCOCCOCCN=[N+]=[N-]. The zero-order valence-electron chi connectivity index (χ0n) is 15.3. The monoisotopic (exact) mass is 360 g/mol. The summed E-state index contributed by atoms with van der Waals surface area (Å²) in [5, 5.41) is 6.66. The number of hydrogen-bond donors (Lipinski definition) is 1. The highest BCUT2D eigenvalue weighted by Crippen LogP contribution is 2.00. The van der Waals surface area contributed by atoms with Gasteiger partial charge in [0.1, 0.15) is 0 Å². The molecule has 0 aromatic rings. The number of nitrogens with one attached hydrogen (secondary N) is 1. The molecule has 0 atom stereocenters. The van der Waals surface area contributed by atoms with Gasteiger partial charge < -0.3 is 24.3 Å². The van der Waals surface area contributed by atoms with Gasteiger partial charge in [-0.15, -0.1) is 0 Å². The van der Waals surface area contributed by atoms with Gasteiger partial charge in [-0.1, -0.05) is 11.5 Å². The lowest BCUT2D eigenvalue weighted by Gasteiger charge is -2.07. The second-order valence-corrected chi connectivity index (χ2v) is 5.16. The first-order chi connectivity index (χ1) is 12.3. The third-order valence-electron chi connectivity index (χ3n) is 3.11. The van der Waals surface area contributed by atoms with E-state index in [0.29, 0.717) is 59.2 Å². The fourth-order valence-electron chi connectivity index (χ4n) is 1.89. The summed E-state index contributed by atoms with van der Waals surface area (Å²) in [5.74, 6) is -0.106. The zero-order chi connectivity index (χ0) is 18.4. The topological polar surface area (TPSA) is 115 Å². The van der Waals surface area contributed by atoms with Gasteiger partial charge in [-0.2, -0.15) is 0 Å². The summed E-state index contributed by atoms with van der Waals surface area (Å²) in [6.07, 6.45) is 3.45. The fourth-order valence-corrected chi connectivity index (χ4v) is 1.89. The third kappa shape index (κ3) is 20.6. The van der Waals surface area contributed by atoms with Crippen LogP contribution >= 0.6 is 0 Å². The molecule has 0 heterocycles. The van der Waals surface area contributed by atoms with Gasteiger partial charge in [-0.25, -0.2) is 0 Å². The van der Waals surface area contributed by atoms with E-state index < -0.39 is 0 Å². The van der Waals surface area contributed by atoms with Crippen LogP contribution in [0.1, 0.15) is 32.6 Å². The summed E-state index contributed by atoms with van der Waals surface area (Å²) in [4.78, 5) is 13.8. The molecule has 0 rings (SSSR count). The summed E-state index contributed by atoms with van der Waals surface area (Å²) in [6.45, 7) is 7.50. The normalized spacial score (nSPS) is 10.4. The Balaban J connectivity index is 3.05. The second-order valence-electron chi connectivity index (χ2n) is 5.16. The maximum atomic E-state index is 11.1. The molecule has 0 unspecified atom stereocenters. The van der Waals surface area contributed by atoms with Crippen molar-refractivity contribution in [3.63, 3.8) is 0 Å². The minimum absolute atomic E-state index is 0.106. The van der Waals surface area contributed by atoms with E-state index in [1.807, 2.05) is 6.92 Å². The smallest absolute Gasteiger partial charge is 0.305 e. The van der Waals surface area contributed by atoms with Crippen molar-refractivity contribution in [2.75, 3.05) is 65.9 Å². The minimum Gasteiger partial charge on any atom is -0.466 e. The molecule has 0 fully saturated rings. The number of nitrogens with zero attached hydrogens (tertiary/aromatic N) is 3. The van der Waals surface area contributed by atoms with Crippen LogP contribution in [0.2, 0.25) is 0 Å². The third-order valence-corrected chi connectivity index (χ3v) is 3.11. The molecular weight excluding hydrogens is 328 g/mol. The van der Waals surface area contributed by atoms with E-state index in [0.717, 1.165) is 32.4 Å². The standard InChI is InChI=1S/C16H32N4O5/c1-2-25-16(21)6-4-3-5-7-18-8-10-22-12-14-24-15-13-23-11-9-19-20-17/h18H,2-15H2,1H3. The van der Waals surface area contributed by atoms with Gasteiger partial charge >= 0.3 is 5.97 Å². The van der Waals surface area contributed by atoms with Crippen LogP contribution in [-0.4, -0.2) is 71.9 Å². The second kappa shape index (κ2) is 20.7. The molecule has 0 bridgehead atoms. The molecule has 1 N–H and O–H groups in total. The maximum Gasteiger partial charge on any atom is 0.305 e. The van der Waals surface area contributed by atoms with Crippen LogP contribution in [0.25, 0.3) is 10.4 Å². The van der Waals surface area contributed by atoms with Gasteiger partial charge in [0, 0.05) is 24.4 Å². The minimum atomic E-state index is -0.106. The van der Waals surface area contributed by atoms with Crippen molar-refractivity contribution in [1.29, 1.82) is 0 Å². The summed E-state index contributed by atoms with van der Waals surface area (Å²) in [6, 6.07) is 0. The molecule has 0 aromatic carbocycles. The lowest BCUT2D eigenvalue weighted by Crippen LogP contribution is -2.22. The highest BCUT2D eigenvalue weighted by Gasteiger charge is 2.00. The largest absolute Gasteiger partial charge is 0.466 e. The molecule has 25 heavy (non-hydrogen) atoms. The lowest BCUT2D eigenvalue weighted by molar-refractivity contribution is -0.143. The Morgan fingerprint density at radius 2 is 1.64 bits per heavy atom. The highest BCUT2D eigenvalue weighted by atomic mass is 16.5. The quantitative estimate of drug-likeness (QED) is 0.124. The molecular formula is C16H32N4O5. The van der Waals surface area contributed by atoms with E-state index >= 15 is 0 Å². The Morgan fingerprint density at radius 3 is 2.32 bits per heavy atom. The van der Waals surface area contributed by atoms with Crippen molar-refractivity contribution in [3.8, 4) is 0 Å². The Hall–Kier alpha value is -1.38. The number of carbonyl (C=O) groups excluding carboxylic acids is 1. The van der Waals surface area contributed by atoms with Crippen LogP contribution in [0.3, 0.4) is 0 Å². The van der Waals surface area contributed by atoms with E-state index in [-0.39, 0.29) is 5.97 Å². The van der Waals surface area contributed by atoms with E-state index in [9.17, 15) is 4.79 Å². The van der Waals surface area contributed by atoms with Crippen molar-refractivity contribution >= 4 is 5.97 Å². The van der Waals surface area contributed by atoms with E-state index in [4.69, 9.17) is 24.5 Å². The van der Waals surface area contributed by atoms with Crippen LogP contribution in [0.4, 0.5) is 0 Å². The van der Waals surface area contributed by atoms with Gasteiger partial charge in [-0.05, 0) is 31.8 Å². The number of ether oxygens (including phenoxy) is 4. The molecule has 0 aliphatic heterocycles. The molecule has 0 amide bonds. The van der Waals surface area contributed by atoms with E-state index in [1.54, 1.807) is 0 Å². The van der Waals surface area contributed by atoms with Crippen LogP contribution in [0, 0.1) is 0 Å².